The van der Waals surface area contributed by atoms with Gasteiger partial charge in [-0.05, 0) is 41.1 Å². The molecule has 0 fully saturated rings. The smallest absolute Gasteiger partial charge is 0.0175 e. The molecule has 0 amide bonds. The Hall–Kier alpha value is -0.340. The predicted octanol–water partition coefficient (Wildman–Crippen LogP) is 5.54. The topological polar surface area (TPSA) is 0 Å². The number of hydrogen-bond donors (Lipinski definition) is 0. The first-order chi connectivity index (χ1) is 7.13. The van der Waals surface area contributed by atoms with Crippen molar-refractivity contribution in [1.82, 2.24) is 0 Å². The van der Waals surface area contributed by atoms with Crippen LogP contribution in [0.5, 0.6) is 0 Å². The van der Waals surface area contributed by atoms with E-state index < -0.39 is 0 Å². The van der Waals surface area contributed by atoms with Crippen LogP contribution < -0.4 is 0 Å². The van der Waals surface area contributed by atoms with Gasteiger partial charge >= 0.3 is 0 Å². The monoisotopic (exact) mass is 328 g/mol. The molecular weight excluding hydrogens is 316 g/mol. The van der Waals surface area contributed by atoms with E-state index in [1.165, 1.54) is 15.6 Å². The first-order valence-corrected chi connectivity index (χ1v) is 6.51. The van der Waals surface area contributed by atoms with Crippen LogP contribution in [0.15, 0.2) is 45.4 Å². The van der Waals surface area contributed by atoms with Crippen LogP contribution >= 0.6 is 31.9 Å². The summed E-state index contributed by atoms with van der Waals surface area (Å²) in [6.45, 7) is 4.25. The van der Waals surface area contributed by atoms with Crippen molar-refractivity contribution >= 4 is 37.4 Å². The molecule has 0 bridgehead atoms. The molecule has 0 aliphatic carbocycles. The Balaban J connectivity index is 2.85. The molecule has 0 saturated heterocycles. The lowest BCUT2D eigenvalue weighted by molar-refractivity contribution is 1.21. The average Bonchev–Trinajstić information content (AvgIpc) is 2.26. The average molecular weight is 330 g/mol. The molecule has 0 saturated carbocycles. The second-order valence-electron chi connectivity index (χ2n) is 3.32. The number of hydrogen-bond acceptors (Lipinski definition) is 0. The maximum Gasteiger partial charge on any atom is 0.0175 e. The fourth-order valence-electron chi connectivity index (χ4n) is 1.14. The van der Waals surface area contributed by atoms with Crippen LogP contribution in [0, 0.1) is 0 Å². The Kier molecular flexibility index (Phi) is 5.34. The van der Waals surface area contributed by atoms with E-state index in [-0.39, 0.29) is 0 Å². The molecule has 0 aliphatic heterocycles. The normalized spacial score (nSPS) is 13.1. The Morgan fingerprint density at radius 3 is 2.33 bits per heavy atom. The zero-order valence-corrected chi connectivity index (χ0v) is 12.1. The van der Waals surface area contributed by atoms with E-state index in [4.69, 9.17) is 0 Å². The van der Waals surface area contributed by atoms with Crippen molar-refractivity contribution in [2.24, 2.45) is 0 Å². The molecule has 0 N–H and O–H groups in total. The molecule has 1 aromatic carbocycles. The maximum absolute atomic E-state index is 3.50. The van der Waals surface area contributed by atoms with Gasteiger partial charge in [0.05, 0.1) is 0 Å². The summed E-state index contributed by atoms with van der Waals surface area (Å²) in [5, 5.41) is 0. The van der Waals surface area contributed by atoms with Gasteiger partial charge in [0.2, 0.25) is 0 Å². The predicted molar refractivity (Wildman–Crippen MR) is 75.1 cm³/mol. The van der Waals surface area contributed by atoms with Crippen LogP contribution in [0.3, 0.4) is 0 Å². The van der Waals surface area contributed by atoms with E-state index in [1.807, 2.05) is 0 Å². The van der Waals surface area contributed by atoms with Gasteiger partial charge in [-0.2, -0.15) is 0 Å². The van der Waals surface area contributed by atoms with E-state index in [0.29, 0.717) is 0 Å². The summed E-state index contributed by atoms with van der Waals surface area (Å²) in [6.07, 6.45) is 5.28. The highest BCUT2D eigenvalue weighted by molar-refractivity contribution is 9.11. The Morgan fingerprint density at radius 2 is 1.80 bits per heavy atom. The van der Waals surface area contributed by atoms with E-state index in [2.05, 4.69) is 82.1 Å². The highest BCUT2D eigenvalue weighted by atomic mass is 79.9. The highest BCUT2D eigenvalue weighted by Gasteiger charge is 1.94. The lowest BCUT2D eigenvalue weighted by Crippen LogP contribution is -1.78. The van der Waals surface area contributed by atoms with Crippen molar-refractivity contribution in [2.75, 3.05) is 0 Å². The molecule has 80 valence electrons. The van der Waals surface area contributed by atoms with E-state index in [1.54, 1.807) is 0 Å². The molecule has 0 atom stereocenters. The Morgan fingerprint density at radius 1 is 1.20 bits per heavy atom. The van der Waals surface area contributed by atoms with Crippen LogP contribution in [-0.4, -0.2) is 0 Å². The quantitative estimate of drug-likeness (QED) is 0.638. The molecule has 2 heteroatoms. The lowest BCUT2D eigenvalue weighted by Gasteiger charge is -2.00. The minimum atomic E-state index is 1.03. The van der Waals surface area contributed by atoms with Gasteiger partial charge in [-0.15, -0.1) is 0 Å². The summed E-state index contributed by atoms with van der Waals surface area (Å²) in [7, 11) is 0. The third-order valence-corrected chi connectivity index (χ3v) is 3.51. The third kappa shape index (κ3) is 4.35. The zero-order valence-electron chi connectivity index (χ0n) is 8.93. The SMILES string of the molecule is CC/C(Br)=C\C=C(/C)c1ccc(Br)cc1. The minimum Gasteiger partial charge on any atom is -0.0608 e. The molecule has 1 aromatic rings. The van der Waals surface area contributed by atoms with Crippen molar-refractivity contribution in [1.29, 1.82) is 0 Å². The van der Waals surface area contributed by atoms with Crippen molar-refractivity contribution in [3.63, 3.8) is 0 Å². The van der Waals surface area contributed by atoms with Crippen molar-refractivity contribution in [3.8, 4) is 0 Å². The summed E-state index contributed by atoms with van der Waals surface area (Å²) in [6, 6.07) is 8.35. The number of halogens is 2. The van der Waals surface area contributed by atoms with Crippen LogP contribution in [0.1, 0.15) is 25.8 Å². The first-order valence-electron chi connectivity index (χ1n) is 4.92. The van der Waals surface area contributed by atoms with Gasteiger partial charge in [-0.3, -0.25) is 0 Å². The molecule has 0 spiro atoms. The number of rotatable bonds is 3. The van der Waals surface area contributed by atoms with E-state index >= 15 is 0 Å². The molecule has 15 heavy (non-hydrogen) atoms. The minimum absolute atomic E-state index is 1.03. The Labute approximate surface area is 108 Å². The molecule has 0 aliphatic rings. The molecule has 0 heterocycles. The summed E-state index contributed by atoms with van der Waals surface area (Å²) < 4.78 is 2.34. The molecule has 0 radical (unpaired) electrons. The summed E-state index contributed by atoms with van der Waals surface area (Å²) in [5.74, 6) is 0. The van der Waals surface area contributed by atoms with Gasteiger partial charge in [0.1, 0.15) is 0 Å². The number of allylic oxidation sites excluding steroid dienone is 4. The van der Waals surface area contributed by atoms with E-state index in [0.717, 1.165) is 10.9 Å². The van der Waals surface area contributed by atoms with E-state index in [9.17, 15) is 0 Å². The van der Waals surface area contributed by atoms with Crippen LogP contribution in [0.4, 0.5) is 0 Å². The summed E-state index contributed by atoms with van der Waals surface area (Å²) in [4.78, 5) is 0. The fraction of sp³-hybridized carbons (Fsp3) is 0.231. The maximum atomic E-state index is 3.50. The second kappa shape index (κ2) is 6.29. The summed E-state index contributed by atoms with van der Waals surface area (Å²) in [5.41, 5.74) is 2.53. The molecule has 1 rings (SSSR count). The highest BCUT2D eigenvalue weighted by Crippen LogP contribution is 2.18. The largest absolute Gasteiger partial charge is 0.0608 e. The lowest BCUT2D eigenvalue weighted by atomic mass is 10.1. The van der Waals surface area contributed by atoms with Gasteiger partial charge in [0, 0.05) is 4.47 Å². The van der Waals surface area contributed by atoms with Crippen LogP contribution in [0.2, 0.25) is 0 Å². The Bertz CT molecular complexity index is 372. The van der Waals surface area contributed by atoms with Gasteiger partial charge in [0.15, 0.2) is 0 Å². The van der Waals surface area contributed by atoms with Crippen molar-refractivity contribution in [2.45, 2.75) is 20.3 Å². The standard InChI is InChI=1S/C13H14Br2/c1-3-12(14)7-4-10(2)11-5-8-13(15)9-6-11/h4-9H,3H2,1-2H3/b10-4+,12-7+. The fourth-order valence-corrected chi connectivity index (χ4v) is 1.54. The second-order valence-corrected chi connectivity index (χ2v) is 5.26. The zero-order chi connectivity index (χ0) is 11.3. The van der Waals surface area contributed by atoms with Crippen molar-refractivity contribution in [3.05, 3.63) is 50.9 Å². The molecule has 0 unspecified atom stereocenters. The first kappa shape index (κ1) is 12.7. The van der Waals surface area contributed by atoms with Gasteiger partial charge in [-0.1, -0.05) is 63.1 Å². The third-order valence-electron chi connectivity index (χ3n) is 2.15. The van der Waals surface area contributed by atoms with Gasteiger partial charge in [0.25, 0.3) is 0 Å². The van der Waals surface area contributed by atoms with Crippen molar-refractivity contribution < 1.29 is 0 Å². The van der Waals surface area contributed by atoms with Gasteiger partial charge in [-0.25, -0.2) is 0 Å². The molecule has 0 nitrogen and oxygen atoms in total. The summed E-state index contributed by atoms with van der Waals surface area (Å²) >= 11 is 6.93. The molecular formula is C13H14Br2. The van der Waals surface area contributed by atoms with Crippen LogP contribution in [0.25, 0.3) is 5.57 Å². The van der Waals surface area contributed by atoms with Gasteiger partial charge < -0.3 is 0 Å². The van der Waals surface area contributed by atoms with Crippen LogP contribution in [-0.2, 0) is 0 Å². The molecule has 0 aromatic heterocycles. The number of benzene rings is 1.